The molecule has 5 heteroatoms. The molecule has 1 atom stereocenters. The average Bonchev–Trinajstić information content (AvgIpc) is 2.44. The van der Waals surface area contributed by atoms with E-state index >= 15 is 0 Å². The van der Waals surface area contributed by atoms with Crippen LogP contribution >= 0.6 is 11.8 Å². The molecule has 0 saturated heterocycles. The Labute approximate surface area is 119 Å². The van der Waals surface area contributed by atoms with E-state index in [0.29, 0.717) is 10.8 Å². The van der Waals surface area contributed by atoms with Crippen LogP contribution in [0, 0.1) is 10.7 Å². The minimum absolute atomic E-state index is 0.127. The van der Waals surface area contributed by atoms with Gasteiger partial charge in [0, 0.05) is 5.75 Å². The third-order valence-corrected chi connectivity index (χ3v) is 5.54. The number of rotatable bonds is 7. The summed E-state index contributed by atoms with van der Waals surface area (Å²) < 4.78 is 23.4. The van der Waals surface area contributed by atoms with E-state index in [0.717, 1.165) is 24.2 Å². The number of sulfone groups is 1. The molecule has 0 bridgehead atoms. The highest BCUT2D eigenvalue weighted by Crippen LogP contribution is 2.26. The topological polar surface area (TPSA) is 57.9 Å². The van der Waals surface area contributed by atoms with E-state index < -0.39 is 9.84 Å². The van der Waals surface area contributed by atoms with Crippen molar-refractivity contribution in [2.45, 2.75) is 37.5 Å². The molecule has 19 heavy (non-hydrogen) atoms. The van der Waals surface area contributed by atoms with Crippen LogP contribution in [0.3, 0.4) is 0 Å². The maximum atomic E-state index is 11.7. The predicted octanol–water partition coefficient (Wildman–Crippen LogP) is 3.58. The molecule has 1 aromatic rings. The van der Waals surface area contributed by atoms with Crippen molar-refractivity contribution in [2.75, 3.05) is 11.5 Å². The number of hydrogen-bond acceptors (Lipinski definition) is 4. The van der Waals surface area contributed by atoms with Crippen molar-refractivity contribution in [3.8, 4) is 5.40 Å². The minimum atomic E-state index is -3.12. The van der Waals surface area contributed by atoms with Crippen molar-refractivity contribution in [1.82, 2.24) is 0 Å². The van der Waals surface area contributed by atoms with Gasteiger partial charge in [0.2, 0.25) is 0 Å². The number of benzene rings is 1. The molecule has 1 aromatic carbocycles. The van der Waals surface area contributed by atoms with E-state index in [1.165, 1.54) is 11.8 Å². The van der Waals surface area contributed by atoms with Gasteiger partial charge in [0.25, 0.3) is 0 Å². The van der Waals surface area contributed by atoms with Crippen LogP contribution in [0.2, 0.25) is 0 Å². The van der Waals surface area contributed by atoms with Crippen LogP contribution in [-0.2, 0) is 9.84 Å². The molecule has 0 spiro atoms. The van der Waals surface area contributed by atoms with Crippen LogP contribution in [0.25, 0.3) is 0 Å². The van der Waals surface area contributed by atoms with Crippen LogP contribution in [-0.4, -0.2) is 19.9 Å². The fourth-order valence-electron chi connectivity index (χ4n) is 1.97. The molecule has 0 heterocycles. The zero-order chi connectivity index (χ0) is 14.3. The Morgan fingerprint density at radius 3 is 2.37 bits per heavy atom. The van der Waals surface area contributed by atoms with Crippen LogP contribution in [0.15, 0.2) is 29.2 Å². The summed E-state index contributed by atoms with van der Waals surface area (Å²) in [6.45, 7) is 3.76. The van der Waals surface area contributed by atoms with E-state index in [4.69, 9.17) is 5.26 Å². The number of nitrogens with zero attached hydrogens (tertiary/aromatic N) is 1. The highest BCUT2D eigenvalue weighted by atomic mass is 32.2. The summed E-state index contributed by atoms with van der Waals surface area (Å²) in [5.74, 6) is 1.33. The number of nitriles is 1. The monoisotopic (exact) mass is 297 g/mol. The Morgan fingerprint density at radius 1 is 1.26 bits per heavy atom. The zero-order valence-electron chi connectivity index (χ0n) is 11.3. The zero-order valence-corrected chi connectivity index (χ0v) is 12.9. The molecule has 3 nitrogen and oxygen atoms in total. The van der Waals surface area contributed by atoms with E-state index in [9.17, 15) is 8.42 Å². The van der Waals surface area contributed by atoms with Gasteiger partial charge >= 0.3 is 0 Å². The predicted molar refractivity (Wildman–Crippen MR) is 79.9 cm³/mol. The first kappa shape index (κ1) is 16.1. The SMILES string of the molecule is CCC(CCSC#N)c1ccc(S(=O)(=O)CC)cc1. The van der Waals surface area contributed by atoms with Gasteiger partial charge in [-0.1, -0.05) is 26.0 Å². The fraction of sp³-hybridized carbons (Fsp3) is 0.500. The van der Waals surface area contributed by atoms with Gasteiger partial charge in [-0.25, -0.2) is 8.42 Å². The summed E-state index contributed by atoms with van der Waals surface area (Å²) in [5, 5.41) is 10.6. The molecule has 1 rings (SSSR count). The summed E-state index contributed by atoms with van der Waals surface area (Å²) >= 11 is 1.27. The molecule has 1 unspecified atom stereocenters. The second kappa shape index (κ2) is 7.56. The molecule has 0 N–H and O–H groups in total. The van der Waals surface area contributed by atoms with Gasteiger partial charge < -0.3 is 0 Å². The van der Waals surface area contributed by atoms with Crippen LogP contribution in [0.1, 0.15) is 38.2 Å². The molecule has 104 valence electrons. The Morgan fingerprint density at radius 2 is 1.89 bits per heavy atom. The summed E-state index contributed by atoms with van der Waals surface area (Å²) in [5.41, 5.74) is 1.15. The number of hydrogen-bond donors (Lipinski definition) is 0. The Hall–Kier alpha value is -0.990. The third kappa shape index (κ3) is 4.55. The highest BCUT2D eigenvalue weighted by molar-refractivity contribution is 8.03. The minimum Gasteiger partial charge on any atom is -0.224 e. The van der Waals surface area contributed by atoms with Gasteiger partial charge in [0.05, 0.1) is 10.6 Å². The van der Waals surface area contributed by atoms with Gasteiger partial charge in [-0.2, -0.15) is 5.26 Å². The highest BCUT2D eigenvalue weighted by Gasteiger charge is 2.13. The average molecular weight is 297 g/mol. The van der Waals surface area contributed by atoms with Crippen molar-refractivity contribution in [2.24, 2.45) is 0 Å². The second-order valence-corrected chi connectivity index (χ2v) is 7.46. The van der Waals surface area contributed by atoms with Gasteiger partial charge in [-0.15, -0.1) is 0 Å². The quantitative estimate of drug-likeness (QED) is 0.570. The van der Waals surface area contributed by atoms with E-state index in [1.807, 2.05) is 12.1 Å². The Bertz CT molecular complexity index is 530. The van der Waals surface area contributed by atoms with Gasteiger partial charge in [0.15, 0.2) is 9.84 Å². The molecule has 0 fully saturated rings. The summed E-state index contributed by atoms with van der Waals surface area (Å²) in [7, 11) is -3.12. The summed E-state index contributed by atoms with van der Waals surface area (Å²) in [6, 6.07) is 7.17. The maximum absolute atomic E-state index is 11.7. The lowest BCUT2D eigenvalue weighted by Gasteiger charge is -2.14. The molecular formula is C14H19NO2S2. The standard InChI is InChI=1S/C14H19NO2S2/c1-3-12(9-10-18-11-15)13-5-7-14(8-6-13)19(16,17)4-2/h5-8,12H,3-4,9-10H2,1-2H3. The van der Waals surface area contributed by atoms with Gasteiger partial charge in [0.1, 0.15) is 5.40 Å². The summed E-state index contributed by atoms with van der Waals surface area (Å²) in [6.07, 6.45) is 1.93. The van der Waals surface area contributed by atoms with Gasteiger partial charge in [-0.3, -0.25) is 0 Å². The Kier molecular flexibility index (Phi) is 6.40. The molecule has 0 aliphatic heterocycles. The summed E-state index contributed by atoms with van der Waals surface area (Å²) in [4.78, 5) is 0.389. The van der Waals surface area contributed by atoms with E-state index in [2.05, 4.69) is 12.3 Å². The van der Waals surface area contributed by atoms with Crippen molar-refractivity contribution in [1.29, 1.82) is 5.26 Å². The van der Waals surface area contributed by atoms with Crippen LogP contribution < -0.4 is 0 Å². The molecule has 0 aliphatic carbocycles. The molecule has 0 aliphatic rings. The first-order valence-corrected chi connectivity index (χ1v) is 9.02. The number of thiocyanates is 1. The van der Waals surface area contributed by atoms with Crippen molar-refractivity contribution in [3.63, 3.8) is 0 Å². The van der Waals surface area contributed by atoms with E-state index in [-0.39, 0.29) is 5.75 Å². The lowest BCUT2D eigenvalue weighted by molar-refractivity contribution is 0.597. The maximum Gasteiger partial charge on any atom is 0.178 e. The second-order valence-electron chi connectivity index (χ2n) is 4.31. The van der Waals surface area contributed by atoms with Crippen LogP contribution in [0.5, 0.6) is 0 Å². The Balaban J connectivity index is 2.82. The van der Waals surface area contributed by atoms with Crippen molar-refractivity contribution < 1.29 is 8.42 Å². The lowest BCUT2D eigenvalue weighted by Crippen LogP contribution is -2.04. The molecular weight excluding hydrogens is 278 g/mol. The van der Waals surface area contributed by atoms with E-state index in [1.54, 1.807) is 19.1 Å². The van der Waals surface area contributed by atoms with Gasteiger partial charge in [-0.05, 0) is 48.2 Å². The largest absolute Gasteiger partial charge is 0.224 e. The smallest absolute Gasteiger partial charge is 0.178 e. The van der Waals surface area contributed by atoms with Crippen molar-refractivity contribution >= 4 is 21.6 Å². The molecule has 0 aromatic heterocycles. The fourth-order valence-corrected chi connectivity index (χ4v) is 3.35. The molecule has 0 saturated carbocycles. The van der Waals surface area contributed by atoms with Crippen LogP contribution in [0.4, 0.5) is 0 Å². The third-order valence-electron chi connectivity index (χ3n) is 3.22. The number of thioether (sulfide) groups is 1. The molecule has 0 radical (unpaired) electrons. The lowest BCUT2D eigenvalue weighted by atomic mass is 9.94. The normalized spacial score (nSPS) is 12.9. The first-order valence-electron chi connectivity index (χ1n) is 6.38. The van der Waals surface area contributed by atoms with Crippen molar-refractivity contribution in [3.05, 3.63) is 29.8 Å². The first-order chi connectivity index (χ1) is 9.05. The molecule has 0 amide bonds.